The molecule has 6 N–H and O–H groups in total. The Bertz CT molecular complexity index is 1040. The van der Waals surface area contributed by atoms with E-state index in [4.69, 9.17) is 20.6 Å². The third-order valence-electron chi connectivity index (χ3n) is 5.58. The van der Waals surface area contributed by atoms with Gasteiger partial charge in [-0.3, -0.25) is 20.0 Å². The fourth-order valence-electron chi connectivity index (χ4n) is 3.67. The van der Waals surface area contributed by atoms with Crippen LogP contribution in [0, 0.1) is 5.41 Å². The van der Waals surface area contributed by atoms with E-state index in [1.807, 2.05) is 30.3 Å². The van der Waals surface area contributed by atoms with E-state index in [1.165, 1.54) is 14.2 Å². The summed E-state index contributed by atoms with van der Waals surface area (Å²) in [5, 5.41) is 20.8. The zero-order chi connectivity index (χ0) is 27.2. The Labute approximate surface area is 216 Å². The number of nitrogens with zero attached hydrogens (tertiary/aromatic N) is 1. The molecule has 2 aromatic rings. The van der Waals surface area contributed by atoms with E-state index in [9.17, 15) is 19.5 Å². The topological polar surface area (TPSA) is 167 Å². The van der Waals surface area contributed by atoms with Crippen LogP contribution < -0.4 is 25.9 Å². The fourth-order valence-corrected chi connectivity index (χ4v) is 3.67. The van der Waals surface area contributed by atoms with Gasteiger partial charge in [-0.15, -0.1) is 0 Å². The van der Waals surface area contributed by atoms with Crippen molar-refractivity contribution in [1.82, 2.24) is 15.8 Å². The van der Waals surface area contributed by atoms with Gasteiger partial charge in [0.1, 0.15) is 23.3 Å². The second kappa shape index (κ2) is 15.1. The summed E-state index contributed by atoms with van der Waals surface area (Å²) < 4.78 is 10.6. The quantitative estimate of drug-likeness (QED) is 0.0740. The van der Waals surface area contributed by atoms with Gasteiger partial charge in [-0.05, 0) is 42.5 Å². The first-order valence-electron chi connectivity index (χ1n) is 11.9. The highest BCUT2D eigenvalue weighted by Gasteiger charge is 2.30. The van der Waals surface area contributed by atoms with Crippen molar-refractivity contribution >= 4 is 23.6 Å². The summed E-state index contributed by atoms with van der Waals surface area (Å²) in [6.45, 7) is 0.358. The predicted molar refractivity (Wildman–Crippen MR) is 138 cm³/mol. The Hall–Kier alpha value is -4.12. The van der Waals surface area contributed by atoms with Crippen LogP contribution in [-0.2, 0) is 27.3 Å². The zero-order valence-corrected chi connectivity index (χ0v) is 21.2. The molecular formula is C26H35N5O6. The summed E-state index contributed by atoms with van der Waals surface area (Å²) in [4.78, 5) is 37.9. The van der Waals surface area contributed by atoms with Crippen LogP contribution in [0.15, 0.2) is 48.5 Å². The molecule has 1 amide bonds. The summed E-state index contributed by atoms with van der Waals surface area (Å²) in [5.74, 6) is -1.30. The van der Waals surface area contributed by atoms with Gasteiger partial charge in [0.25, 0.3) is 0 Å². The molecule has 0 spiro atoms. The van der Waals surface area contributed by atoms with Gasteiger partial charge in [0.2, 0.25) is 5.91 Å². The number of carbonyl (C=O) groups is 3. The first kappa shape index (κ1) is 29.1. The lowest BCUT2D eigenvalue weighted by Gasteiger charge is -2.30. The van der Waals surface area contributed by atoms with Gasteiger partial charge in [0, 0.05) is 25.6 Å². The lowest BCUT2D eigenvalue weighted by Crippen LogP contribution is -2.53. The minimum atomic E-state index is -1.24. The number of hydrogen-bond donors (Lipinski definition) is 5. The molecule has 0 heterocycles. The number of rotatable bonds is 16. The van der Waals surface area contributed by atoms with E-state index in [-0.39, 0.29) is 37.7 Å². The number of nitrogens with one attached hydrogen (secondary N) is 3. The molecule has 0 unspecified atom stereocenters. The van der Waals surface area contributed by atoms with Gasteiger partial charge >= 0.3 is 5.97 Å². The van der Waals surface area contributed by atoms with E-state index in [1.54, 1.807) is 18.2 Å². The fraction of sp³-hybridized carbons (Fsp3) is 0.385. The van der Waals surface area contributed by atoms with Crippen LogP contribution in [0.2, 0.25) is 0 Å². The molecule has 0 saturated heterocycles. The van der Waals surface area contributed by atoms with Gasteiger partial charge in [-0.1, -0.05) is 30.3 Å². The SMILES string of the molecule is COc1cc(CNN(C(=O)CC(=O)CCc2ccccc2)[C@@H](CCCNC(=N)N)C(=O)O)cc(OC)c1. The number of ether oxygens (including phenoxy) is 2. The van der Waals surface area contributed by atoms with Gasteiger partial charge in [0.05, 0.1) is 20.6 Å². The van der Waals surface area contributed by atoms with Crippen LogP contribution >= 0.6 is 0 Å². The van der Waals surface area contributed by atoms with E-state index < -0.39 is 24.3 Å². The molecule has 2 rings (SSSR count). The molecule has 11 heteroatoms. The number of hydrazine groups is 1. The van der Waals surface area contributed by atoms with Crippen molar-refractivity contribution < 1.29 is 29.0 Å². The third kappa shape index (κ3) is 10.2. The minimum absolute atomic E-state index is 0.0774. The number of guanidine groups is 1. The lowest BCUT2D eigenvalue weighted by atomic mass is 10.1. The Kier molecular flexibility index (Phi) is 11.9. The largest absolute Gasteiger partial charge is 0.497 e. The maximum atomic E-state index is 13.2. The molecule has 11 nitrogen and oxygen atoms in total. The molecular weight excluding hydrogens is 478 g/mol. The number of hydrogen-bond acceptors (Lipinski definition) is 7. The molecule has 0 aliphatic carbocycles. The normalized spacial score (nSPS) is 11.3. The van der Waals surface area contributed by atoms with Crippen molar-refractivity contribution in [3.05, 3.63) is 59.7 Å². The van der Waals surface area contributed by atoms with Crippen molar-refractivity contribution in [2.24, 2.45) is 5.73 Å². The minimum Gasteiger partial charge on any atom is -0.497 e. The van der Waals surface area contributed by atoms with Crippen LogP contribution in [0.25, 0.3) is 0 Å². The highest BCUT2D eigenvalue weighted by atomic mass is 16.5. The van der Waals surface area contributed by atoms with E-state index in [0.717, 1.165) is 10.6 Å². The number of nitrogens with two attached hydrogens (primary N) is 1. The van der Waals surface area contributed by atoms with E-state index >= 15 is 0 Å². The van der Waals surface area contributed by atoms with Crippen LogP contribution in [0.3, 0.4) is 0 Å². The average Bonchev–Trinajstić information content (AvgIpc) is 2.88. The average molecular weight is 514 g/mol. The molecule has 0 fully saturated rings. The maximum absolute atomic E-state index is 13.2. The molecule has 2 aromatic carbocycles. The van der Waals surface area contributed by atoms with Crippen molar-refractivity contribution in [3.63, 3.8) is 0 Å². The number of carboxylic acid groups (broad SMARTS) is 1. The number of Topliss-reactive ketones (excluding diaryl/α,β-unsaturated/α-hetero) is 1. The first-order valence-corrected chi connectivity index (χ1v) is 11.9. The maximum Gasteiger partial charge on any atom is 0.328 e. The number of carbonyl (C=O) groups excluding carboxylic acids is 2. The summed E-state index contributed by atoms with van der Waals surface area (Å²) in [6, 6.07) is 13.4. The molecule has 37 heavy (non-hydrogen) atoms. The number of ketones is 1. The number of methoxy groups -OCH3 is 2. The van der Waals surface area contributed by atoms with Crippen molar-refractivity contribution in [1.29, 1.82) is 5.41 Å². The molecule has 0 aliphatic rings. The Morgan fingerprint density at radius 1 is 1.05 bits per heavy atom. The molecule has 0 saturated carbocycles. The standard InChI is InChI=1S/C26H35N5O6/c1-36-21-13-19(14-22(16-21)37-2)17-30-31(23(25(34)35)9-6-12-29-26(27)28)24(33)15-20(32)11-10-18-7-4-3-5-8-18/h3-5,7-8,13-14,16,23,30H,6,9-12,15,17H2,1-2H3,(H,34,35)(H4,27,28,29)/t23-/m0/s1. The molecule has 0 aliphatic heterocycles. The third-order valence-corrected chi connectivity index (χ3v) is 5.58. The first-order chi connectivity index (χ1) is 17.7. The highest BCUT2D eigenvalue weighted by molar-refractivity contribution is 5.99. The number of carboxylic acids is 1. The van der Waals surface area contributed by atoms with Gasteiger partial charge in [-0.25, -0.2) is 10.2 Å². The summed E-state index contributed by atoms with van der Waals surface area (Å²) >= 11 is 0. The van der Waals surface area contributed by atoms with Gasteiger partial charge < -0.3 is 25.6 Å². The highest BCUT2D eigenvalue weighted by Crippen LogP contribution is 2.22. The monoisotopic (exact) mass is 513 g/mol. The van der Waals surface area contributed by atoms with Crippen molar-refractivity contribution in [2.75, 3.05) is 20.8 Å². The van der Waals surface area contributed by atoms with Gasteiger partial charge in [-0.2, -0.15) is 0 Å². The van der Waals surface area contributed by atoms with Crippen molar-refractivity contribution in [3.8, 4) is 11.5 Å². The Morgan fingerprint density at radius 2 is 1.70 bits per heavy atom. The molecule has 200 valence electrons. The van der Waals surface area contributed by atoms with Crippen LogP contribution in [-0.4, -0.2) is 60.5 Å². The summed E-state index contributed by atoms with van der Waals surface area (Å²) in [5.41, 5.74) is 9.85. The zero-order valence-electron chi connectivity index (χ0n) is 21.2. The van der Waals surface area contributed by atoms with Crippen LogP contribution in [0.1, 0.15) is 36.8 Å². The Morgan fingerprint density at radius 3 is 2.27 bits per heavy atom. The molecule has 0 aromatic heterocycles. The van der Waals surface area contributed by atoms with E-state index in [0.29, 0.717) is 29.9 Å². The molecule has 0 radical (unpaired) electrons. The Balaban J connectivity index is 2.15. The van der Waals surface area contributed by atoms with Crippen LogP contribution in [0.4, 0.5) is 0 Å². The number of aryl methyl sites for hydroxylation is 1. The number of aliphatic carboxylic acids is 1. The summed E-state index contributed by atoms with van der Waals surface area (Å²) in [6.07, 6.45) is 0.627. The summed E-state index contributed by atoms with van der Waals surface area (Å²) in [7, 11) is 3.02. The molecule has 0 bridgehead atoms. The smallest absolute Gasteiger partial charge is 0.328 e. The lowest BCUT2D eigenvalue weighted by molar-refractivity contribution is -0.155. The van der Waals surface area contributed by atoms with E-state index in [2.05, 4.69) is 10.7 Å². The number of amides is 1. The van der Waals surface area contributed by atoms with Crippen LogP contribution in [0.5, 0.6) is 11.5 Å². The second-order valence-corrected chi connectivity index (χ2v) is 8.36. The van der Waals surface area contributed by atoms with Gasteiger partial charge in [0.15, 0.2) is 5.96 Å². The predicted octanol–water partition coefficient (Wildman–Crippen LogP) is 1.85. The molecule has 1 atom stereocenters. The number of benzene rings is 2. The van der Waals surface area contributed by atoms with Crippen molar-refractivity contribution in [2.45, 2.75) is 44.7 Å². The second-order valence-electron chi connectivity index (χ2n) is 8.36.